The molecule has 0 heterocycles. The van der Waals surface area contributed by atoms with Gasteiger partial charge in [-0.15, -0.1) is 0 Å². The normalized spacial score (nSPS) is 10.2. The maximum absolute atomic E-state index is 13.7. The van der Waals surface area contributed by atoms with Crippen LogP contribution in [0.5, 0.6) is 5.75 Å². The average Bonchev–Trinajstić information content (AvgIpc) is 2.39. The zero-order valence-corrected chi connectivity index (χ0v) is 12.1. The molecule has 19 heavy (non-hydrogen) atoms. The topological polar surface area (TPSA) is 59.1 Å². The van der Waals surface area contributed by atoms with Gasteiger partial charge in [-0.25, -0.2) is 4.39 Å². The lowest BCUT2D eigenvalue weighted by molar-refractivity contribution is 0.290. The molecule has 0 aliphatic carbocycles. The third kappa shape index (κ3) is 3.66. The Bertz CT molecular complexity index is 599. The van der Waals surface area contributed by atoms with Gasteiger partial charge in [0.25, 0.3) is 0 Å². The number of hydrogen-bond acceptors (Lipinski definition) is 2. The van der Waals surface area contributed by atoms with E-state index in [9.17, 15) is 4.39 Å². The Morgan fingerprint density at radius 1 is 1.21 bits per heavy atom. The molecule has 0 aliphatic heterocycles. The Hall–Kier alpha value is -1.63. The highest BCUT2D eigenvalue weighted by atomic mass is 127. The van der Waals surface area contributed by atoms with Crippen LogP contribution in [-0.4, -0.2) is 5.84 Å². The summed E-state index contributed by atoms with van der Waals surface area (Å²) in [5, 5.41) is 7.23. The fraction of sp³-hybridized carbons (Fsp3) is 0.0714. The predicted octanol–water partition coefficient (Wildman–Crippen LogP) is 3.29. The van der Waals surface area contributed by atoms with Crippen LogP contribution in [0.3, 0.4) is 0 Å². The molecular weight excluding hydrogens is 358 g/mol. The Balaban J connectivity index is 2.07. The van der Waals surface area contributed by atoms with Gasteiger partial charge in [0, 0.05) is 9.13 Å². The second kappa shape index (κ2) is 6.01. The van der Waals surface area contributed by atoms with Gasteiger partial charge in [-0.3, -0.25) is 5.41 Å². The minimum absolute atomic E-state index is 0.156. The second-order valence-corrected chi connectivity index (χ2v) is 5.22. The fourth-order valence-corrected chi connectivity index (χ4v) is 1.89. The number of nitrogens with one attached hydrogen (secondary N) is 1. The summed E-state index contributed by atoms with van der Waals surface area (Å²) in [6, 6.07) is 12.1. The number of nitrogen functional groups attached to an aromatic ring is 1. The van der Waals surface area contributed by atoms with Crippen molar-refractivity contribution >= 4 is 28.4 Å². The van der Waals surface area contributed by atoms with E-state index in [1.807, 2.05) is 24.3 Å². The molecule has 0 bridgehead atoms. The van der Waals surface area contributed by atoms with Crippen LogP contribution in [0.1, 0.15) is 11.1 Å². The van der Waals surface area contributed by atoms with E-state index < -0.39 is 5.82 Å². The molecule has 0 atom stereocenters. The van der Waals surface area contributed by atoms with Crippen LogP contribution in [0.2, 0.25) is 0 Å². The average molecular weight is 370 g/mol. The molecule has 0 radical (unpaired) electrons. The molecule has 98 valence electrons. The lowest BCUT2D eigenvalue weighted by Gasteiger charge is -2.08. The van der Waals surface area contributed by atoms with E-state index in [1.54, 1.807) is 6.07 Å². The second-order valence-electron chi connectivity index (χ2n) is 3.97. The third-order valence-electron chi connectivity index (χ3n) is 2.55. The summed E-state index contributed by atoms with van der Waals surface area (Å²) in [4.78, 5) is 0. The zero-order valence-electron chi connectivity index (χ0n) is 9.99. The van der Waals surface area contributed by atoms with Gasteiger partial charge in [0.15, 0.2) is 11.6 Å². The molecule has 3 nitrogen and oxygen atoms in total. The minimum atomic E-state index is -0.516. The van der Waals surface area contributed by atoms with E-state index in [-0.39, 0.29) is 11.6 Å². The number of ether oxygens (including phenoxy) is 1. The molecule has 0 saturated carbocycles. The molecule has 3 N–H and O–H groups in total. The molecular formula is C14H12FIN2O. The molecule has 2 aromatic rings. The first-order valence-electron chi connectivity index (χ1n) is 5.57. The smallest absolute Gasteiger partial charge is 0.165 e. The van der Waals surface area contributed by atoms with Gasteiger partial charge < -0.3 is 10.5 Å². The quantitative estimate of drug-likeness (QED) is 0.493. The number of benzene rings is 2. The summed E-state index contributed by atoms with van der Waals surface area (Å²) >= 11 is 2.22. The molecule has 0 saturated heterocycles. The number of rotatable bonds is 4. The maximum atomic E-state index is 13.7. The van der Waals surface area contributed by atoms with Crippen molar-refractivity contribution in [3.63, 3.8) is 0 Å². The largest absolute Gasteiger partial charge is 0.486 e. The molecule has 5 heteroatoms. The van der Waals surface area contributed by atoms with Gasteiger partial charge in [0.2, 0.25) is 0 Å². The summed E-state index contributed by atoms with van der Waals surface area (Å²) in [5.41, 5.74) is 6.60. The van der Waals surface area contributed by atoms with E-state index in [0.717, 1.165) is 9.13 Å². The lowest BCUT2D eigenvalue weighted by atomic mass is 10.2. The molecule has 2 rings (SSSR count). The van der Waals surface area contributed by atoms with Gasteiger partial charge in [0.1, 0.15) is 12.4 Å². The van der Waals surface area contributed by atoms with Crippen molar-refractivity contribution in [3.05, 3.63) is 63.0 Å². The van der Waals surface area contributed by atoms with Gasteiger partial charge >= 0.3 is 0 Å². The summed E-state index contributed by atoms with van der Waals surface area (Å²) in [5.74, 6) is -0.523. The van der Waals surface area contributed by atoms with Crippen molar-refractivity contribution in [2.75, 3.05) is 0 Å². The van der Waals surface area contributed by atoms with Gasteiger partial charge in [-0.2, -0.15) is 0 Å². The van der Waals surface area contributed by atoms with E-state index >= 15 is 0 Å². The standard InChI is InChI=1S/C14H12FIN2O/c15-12-7-10(14(17)18)3-6-13(12)19-8-9-1-4-11(16)5-2-9/h1-7H,8H2,(H3,17,18). The van der Waals surface area contributed by atoms with Crippen molar-refractivity contribution in [2.45, 2.75) is 6.61 Å². The van der Waals surface area contributed by atoms with Crippen molar-refractivity contribution in [1.82, 2.24) is 0 Å². The zero-order chi connectivity index (χ0) is 13.8. The summed E-state index contributed by atoms with van der Waals surface area (Å²) in [7, 11) is 0. The van der Waals surface area contributed by atoms with Crippen LogP contribution in [0.15, 0.2) is 42.5 Å². The van der Waals surface area contributed by atoms with E-state index in [1.165, 1.54) is 12.1 Å². The molecule has 0 amide bonds. The van der Waals surface area contributed by atoms with Crippen LogP contribution in [0.4, 0.5) is 4.39 Å². The first-order valence-corrected chi connectivity index (χ1v) is 6.65. The van der Waals surface area contributed by atoms with Crippen LogP contribution in [-0.2, 0) is 6.61 Å². The third-order valence-corrected chi connectivity index (χ3v) is 3.27. The Labute approximate surface area is 124 Å². The van der Waals surface area contributed by atoms with Crippen LogP contribution < -0.4 is 10.5 Å². The number of amidine groups is 1. The first-order chi connectivity index (χ1) is 9.06. The van der Waals surface area contributed by atoms with Crippen molar-refractivity contribution in [3.8, 4) is 5.75 Å². The Morgan fingerprint density at radius 2 is 1.89 bits per heavy atom. The number of halogens is 2. The Morgan fingerprint density at radius 3 is 2.47 bits per heavy atom. The van der Waals surface area contributed by atoms with Crippen LogP contribution >= 0.6 is 22.6 Å². The monoisotopic (exact) mass is 370 g/mol. The summed E-state index contributed by atoms with van der Waals surface area (Å²) in [6.45, 7) is 0.299. The minimum Gasteiger partial charge on any atom is -0.486 e. The SMILES string of the molecule is N=C(N)c1ccc(OCc2ccc(I)cc2)c(F)c1. The number of hydrogen-bond donors (Lipinski definition) is 2. The van der Waals surface area contributed by atoms with Crippen molar-refractivity contribution in [2.24, 2.45) is 5.73 Å². The summed E-state index contributed by atoms with van der Waals surface area (Å²) in [6.07, 6.45) is 0. The van der Waals surface area contributed by atoms with E-state index in [4.69, 9.17) is 15.9 Å². The molecule has 0 fully saturated rings. The fourth-order valence-electron chi connectivity index (χ4n) is 1.53. The highest BCUT2D eigenvalue weighted by Gasteiger charge is 2.06. The van der Waals surface area contributed by atoms with Crippen molar-refractivity contribution < 1.29 is 9.13 Å². The van der Waals surface area contributed by atoms with Crippen LogP contribution in [0.25, 0.3) is 0 Å². The molecule has 0 aliphatic rings. The Kier molecular flexibility index (Phi) is 4.36. The lowest BCUT2D eigenvalue weighted by Crippen LogP contribution is -2.11. The maximum Gasteiger partial charge on any atom is 0.165 e. The van der Waals surface area contributed by atoms with E-state index in [0.29, 0.717) is 12.2 Å². The van der Waals surface area contributed by atoms with Gasteiger partial charge in [-0.05, 0) is 58.5 Å². The molecule has 0 aromatic heterocycles. The van der Waals surface area contributed by atoms with Gasteiger partial charge in [0.05, 0.1) is 0 Å². The molecule has 0 spiro atoms. The highest BCUT2D eigenvalue weighted by Crippen LogP contribution is 2.19. The van der Waals surface area contributed by atoms with E-state index in [2.05, 4.69) is 22.6 Å². The predicted molar refractivity (Wildman–Crippen MR) is 80.9 cm³/mol. The number of nitrogens with two attached hydrogens (primary N) is 1. The molecule has 2 aromatic carbocycles. The molecule has 0 unspecified atom stereocenters. The first kappa shape index (κ1) is 13.8. The highest BCUT2D eigenvalue weighted by molar-refractivity contribution is 14.1. The summed E-state index contributed by atoms with van der Waals surface area (Å²) < 4.78 is 20.2. The van der Waals surface area contributed by atoms with Gasteiger partial charge in [-0.1, -0.05) is 12.1 Å². The van der Waals surface area contributed by atoms with Crippen LogP contribution in [0, 0.1) is 14.8 Å². The van der Waals surface area contributed by atoms with Crippen molar-refractivity contribution in [1.29, 1.82) is 5.41 Å².